The van der Waals surface area contributed by atoms with Gasteiger partial charge in [-0.25, -0.2) is 0 Å². The summed E-state index contributed by atoms with van der Waals surface area (Å²) in [6, 6.07) is 11.3. The molecule has 0 N–H and O–H groups in total. The lowest BCUT2D eigenvalue weighted by Crippen LogP contribution is -2.48. The lowest BCUT2D eigenvalue weighted by molar-refractivity contribution is -0.384. The molecule has 6 nitrogen and oxygen atoms in total. The minimum atomic E-state index is -0.567. The van der Waals surface area contributed by atoms with E-state index in [-0.39, 0.29) is 15.9 Å². The Labute approximate surface area is 142 Å². The first-order chi connectivity index (χ1) is 11.1. The number of amides is 1. The van der Waals surface area contributed by atoms with Crippen LogP contribution in [0, 0.1) is 10.1 Å². The molecule has 1 amide bonds. The van der Waals surface area contributed by atoms with E-state index in [1.807, 2.05) is 30.3 Å². The van der Waals surface area contributed by atoms with Crippen LogP contribution in [0.2, 0.25) is 4.34 Å². The van der Waals surface area contributed by atoms with Crippen LogP contribution < -0.4 is 4.90 Å². The fourth-order valence-corrected chi connectivity index (χ4v) is 3.74. The predicted molar refractivity (Wildman–Crippen MR) is 90.5 cm³/mol. The number of carbonyl (C=O) groups excluding carboxylic acids is 1. The first-order valence-corrected chi connectivity index (χ1v) is 8.28. The monoisotopic (exact) mass is 351 g/mol. The van der Waals surface area contributed by atoms with Crippen LogP contribution in [0.1, 0.15) is 9.67 Å². The number of anilines is 1. The summed E-state index contributed by atoms with van der Waals surface area (Å²) in [4.78, 5) is 27.0. The highest BCUT2D eigenvalue weighted by atomic mass is 35.5. The quantitative estimate of drug-likeness (QED) is 0.628. The molecule has 1 aliphatic rings. The van der Waals surface area contributed by atoms with Crippen LogP contribution >= 0.6 is 22.9 Å². The molecule has 0 bridgehead atoms. The number of benzene rings is 1. The molecular weight excluding hydrogens is 338 g/mol. The van der Waals surface area contributed by atoms with Gasteiger partial charge in [-0.2, -0.15) is 0 Å². The van der Waals surface area contributed by atoms with E-state index >= 15 is 0 Å². The van der Waals surface area contributed by atoms with Gasteiger partial charge in [0.15, 0.2) is 4.34 Å². The van der Waals surface area contributed by atoms with E-state index < -0.39 is 4.92 Å². The molecule has 0 aliphatic carbocycles. The topological polar surface area (TPSA) is 66.7 Å². The fraction of sp³-hybridized carbons (Fsp3) is 0.267. The van der Waals surface area contributed by atoms with Crippen molar-refractivity contribution in [3.05, 3.63) is 55.7 Å². The third-order valence-electron chi connectivity index (χ3n) is 3.76. The number of piperazine rings is 1. The molecule has 1 aromatic heterocycles. The number of halogens is 1. The SMILES string of the molecule is O=C(c1cc([N+](=O)[O-])c(Cl)s1)N1CCN(c2ccccc2)CC1. The highest BCUT2D eigenvalue weighted by Gasteiger charge is 2.27. The molecular formula is C15H14ClN3O3S. The van der Waals surface area contributed by atoms with E-state index in [2.05, 4.69) is 4.90 Å². The molecule has 120 valence electrons. The van der Waals surface area contributed by atoms with E-state index in [9.17, 15) is 14.9 Å². The van der Waals surface area contributed by atoms with Crippen LogP contribution in [0.4, 0.5) is 11.4 Å². The third kappa shape index (κ3) is 3.30. The molecule has 0 radical (unpaired) electrons. The first-order valence-electron chi connectivity index (χ1n) is 7.09. The van der Waals surface area contributed by atoms with Crippen molar-refractivity contribution < 1.29 is 9.72 Å². The summed E-state index contributed by atoms with van der Waals surface area (Å²) < 4.78 is 0.0428. The van der Waals surface area contributed by atoms with Crippen LogP contribution in [-0.2, 0) is 0 Å². The Hall–Kier alpha value is -2.12. The average molecular weight is 352 g/mol. The van der Waals surface area contributed by atoms with Gasteiger partial charge in [-0.15, -0.1) is 11.3 Å². The number of hydrogen-bond donors (Lipinski definition) is 0. The lowest BCUT2D eigenvalue weighted by atomic mass is 10.2. The molecule has 2 aromatic rings. The van der Waals surface area contributed by atoms with Gasteiger partial charge in [0, 0.05) is 37.9 Å². The van der Waals surface area contributed by atoms with Crippen molar-refractivity contribution in [3.63, 3.8) is 0 Å². The summed E-state index contributed by atoms with van der Waals surface area (Å²) in [5.41, 5.74) is 0.928. The molecule has 2 heterocycles. The van der Waals surface area contributed by atoms with E-state index in [1.54, 1.807) is 4.90 Å². The number of nitro groups is 1. The summed E-state index contributed by atoms with van der Waals surface area (Å²) in [6.45, 7) is 2.63. The van der Waals surface area contributed by atoms with Gasteiger partial charge in [0.1, 0.15) is 4.88 Å². The molecule has 8 heteroatoms. The van der Waals surface area contributed by atoms with E-state index in [0.29, 0.717) is 18.0 Å². The summed E-state index contributed by atoms with van der Waals surface area (Å²) in [5, 5.41) is 10.8. The van der Waals surface area contributed by atoms with Crippen molar-refractivity contribution >= 4 is 40.2 Å². The molecule has 1 aliphatic heterocycles. The third-order valence-corrected chi connectivity index (χ3v) is 5.09. The summed E-state index contributed by atoms with van der Waals surface area (Å²) in [6.07, 6.45) is 0. The van der Waals surface area contributed by atoms with E-state index in [4.69, 9.17) is 11.6 Å². The summed E-state index contributed by atoms with van der Waals surface area (Å²) in [7, 11) is 0. The standard InChI is InChI=1S/C15H14ClN3O3S/c16-14-12(19(21)22)10-13(23-14)15(20)18-8-6-17(7-9-18)11-4-2-1-3-5-11/h1-5,10H,6-9H2. The second-order valence-electron chi connectivity index (χ2n) is 5.14. The molecule has 1 fully saturated rings. The number of para-hydroxylation sites is 1. The van der Waals surface area contributed by atoms with Crippen LogP contribution in [0.15, 0.2) is 36.4 Å². The Balaban J connectivity index is 1.67. The lowest BCUT2D eigenvalue weighted by Gasteiger charge is -2.35. The van der Waals surface area contributed by atoms with Gasteiger partial charge < -0.3 is 9.80 Å². The van der Waals surface area contributed by atoms with Crippen molar-refractivity contribution in [2.24, 2.45) is 0 Å². The minimum Gasteiger partial charge on any atom is -0.368 e. The molecule has 3 rings (SSSR count). The zero-order valence-corrected chi connectivity index (χ0v) is 13.7. The van der Waals surface area contributed by atoms with Gasteiger partial charge >= 0.3 is 0 Å². The van der Waals surface area contributed by atoms with Crippen molar-refractivity contribution in [3.8, 4) is 0 Å². The maximum atomic E-state index is 12.5. The molecule has 1 saturated heterocycles. The van der Waals surface area contributed by atoms with Gasteiger partial charge in [-0.05, 0) is 12.1 Å². The molecule has 0 saturated carbocycles. The van der Waals surface area contributed by atoms with Gasteiger partial charge in [-0.1, -0.05) is 29.8 Å². The van der Waals surface area contributed by atoms with Crippen molar-refractivity contribution in [2.45, 2.75) is 0 Å². The van der Waals surface area contributed by atoms with Crippen molar-refractivity contribution in [1.29, 1.82) is 0 Å². The molecule has 0 atom stereocenters. The molecule has 0 unspecified atom stereocenters. The Bertz CT molecular complexity index is 727. The Kier molecular flexibility index (Phi) is 4.49. The Morgan fingerprint density at radius 2 is 1.83 bits per heavy atom. The maximum absolute atomic E-state index is 12.5. The van der Waals surface area contributed by atoms with Crippen molar-refractivity contribution in [2.75, 3.05) is 31.1 Å². The van der Waals surface area contributed by atoms with Gasteiger partial charge in [0.2, 0.25) is 0 Å². The molecule has 1 aromatic carbocycles. The minimum absolute atomic E-state index is 0.0428. The normalized spacial score (nSPS) is 14.8. The average Bonchev–Trinajstić information content (AvgIpc) is 2.97. The largest absolute Gasteiger partial charge is 0.368 e. The van der Waals surface area contributed by atoms with E-state index in [0.717, 1.165) is 30.1 Å². The van der Waals surface area contributed by atoms with Crippen LogP contribution in [-0.4, -0.2) is 41.9 Å². The highest BCUT2D eigenvalue weighted by molar-refractivity contribution is 7.18. The van der Waals surface area contributed by atoms with Gasteiger partial charge in [-0.3, -0.25) is 14.9 Å². The van der Waals surface area contributed by atoms with E-state index in [1.165, 1.54) is 6.07 Å². The smallest absolute Gasteiger partial charge is 0.299 e. The number of carbonyl (C=O) groups is 1. The predicted octanol–water partition coefficient (Wildman–Crippen LogP) is 3.27. The maximum Gasteiger partial charge on any atom is 0.299 e. The zero-order valence-electron chi connectivity index (χ0n) is 12.1. The Morgan fingerprint density at radius 3 is 2.39 bits per heavy atom. The summed E-state index contributed by atoms with van der Waals surface area (Å²) in [5.74, 6) is -0.197. The second-order valence-corrected chi connectivity index (χ2v) is 6.80. The number of thiophene rings is 1. The second kappa shape index (κ2) is 6.55. The Morgan fingerprint density at radius 1 is 1.17 bits per heavy atom. The van der Waals surface area contributed by atoms with Gasteiger partial charge in [0.05, 0.1) is 4.92 Å². The molecule has 0 spiro atoms. The fourth-order valence-electron chi connectivity index (χ4n) is 2.55. The number of rotatable bonds is 3. The van der Waals surface area contributed by atoms with Crippen LogP contribution in [0.5, 0.6) is 0 Å². The molecule has 23 heavy (non-hydrogen) atoms. The summed E-state index contributed by atoms with van der Waals surface area (Å²) >= 11 is 6.78. The van der Waals surface area contributed by atoms with Crippen LogP contribution in [0.3, 0.4) is 0 Å². The first kappa shape index (κ1) is 15.8. The number of hydrogen-bond acceptors (Lipinski definition) is 5. The van der Waals surface area contributed by atoms with Crippen LogP contribution in [0.25, 0.3) is 0 Å². The highest BCUT2D eigenvalue weighted by Crippen LogP contribution is 2.34. The van der Waals surface area contributed by atoms with Gasteiger partial charge in [0.25, 0.3) is 11.6 Å². The zero-order chi connectivity index (χ0) is 16.4. The number of nitrogens with zero attached hydrogens (tertiary/aromatic N) is 3. The van der Waals surface area contributed by atoms with Crippen molar-refractivity contribution in [1.82, 2.24) is 4.90 Å².